The van der Waals surface area contributed by atoms with E-state index >= 15 is 0 Å². The Morgan fingerprint density at radius 2 is 2.11 bits per heavy atom. The van der Waals surface area contributed by atoms with Crippen molar-refractivity contribution in [3.63, 3.8) is 0 Å². The highest BCUT2D eigenvalue weighted by Crippen LogP contribution is 2.44. The van der Waals surface area contributed by atoms with Crippen LogP contribution in [0.4, 0.5) is 4.39 Å². The van der Waals surface area contributed by atoms with Gasteiger partial charge < -0.3 is 5.32 Å². The van der Waals surface area contributed by atoms with E-state index < -0.39 is 0 Å². The Bertz CT molecular complexity index is 427. The van der Waals surface area contributed by atoms with Crippen molar-refractivity contribution >= 4 is 11.6 Å². The first kappa shape index (κ1) is 14.8. The van der Waals surface area contributed by atoms with Gasteiger partial charge in [0.05, 0.1) is 5.02 Å². The van der Waals surface area contributed by atoms with Crippen LogP contribution in [0.2, 0.25) is 5.02 Å². The van der Waals surface area contributed by atoms with Crippen LogP contribution in [0.5, 0.6) is 0 Å². The Morgan fingerprint density at radius 1 is 1.37 bits per heavy atom. The molecule has 0 bridgehead atoms. The molecular formula is C16H23ClFN. The van der Waals surface area contributed by atoms with E-state index in [1.165, 1.54) is 25.3 Å². The normalized spacial score (nSPS) is 17.5. The largest absolute Gasteiger partial charge is 0.316 e. The predicted octanol–water partition coefficient (Wildman–Crippen LogP) is 4.44. The maximum absolute atomic E-state index is 13.5. The molecule has 2 rings (SSSR count). The van der Waals surface area contributed by atoms with Crippen LogP contribution in [0.3, 0.4) is 0 Å². The molecular weight excluding hydrogens is 261 g/mol. The molecule has 1 aliphatic carbocycles. The molecule has 3 heteroatoms. The van der Waals surface area contributed by atoms with Crippen LogP contribution in [0, 0.1) is 17.2 Å². The number of hydrogen-bond acceptors (Lipinski definition) is 1. The van der Waals surface area contributed by atoms with E-state index in [2.05, 4.69) is 19.2 Å². The molecule has 1 aromatic rings. The van der Waals surface area contributed by atoms with Crippen LogP contribution >= 0.6 is 11.6 Å². The second-order valence-corrected chi connectivity index (χ2v) is 6.65. The van der Waals surface area contributed by atoms with Gasteiger partial charge in [-0.15, -0.1) is 0 Å². The average Bonchev–Trinajstić information content (AvgIpc) is 2.31. The van der Waals surface area contributed by atoms with Gasteiger partial charge in [-0.1, -0.05) is 44.0 Å². The van der Waals surface area contributed by atoms with Crippen molar-refractivity contribution in [2.75, 3.05) is 13.1 Å². The summed E-state index contributed by atoms with van der Waals surface area (Å²) in [6.45, 7) is 6.48. The molecule has 106 valence electrons. The summed E-state index contributed by atoms with van der Waals surface area (Å²) in [6, 6.07) is 5.13. The summed E-state index contributed by atoms with van der Waals surface area (Å²) >= 11 is 6.07. The fourth-order valence-corrected chi connectivity index (χ4v) is 3.00. The summed E-state index contributed by atoms with van der Waals surface area (Å²) in [6.07, 6.45) is 4.58. The fourth-order valence-electron chi connectivity index (χ4n) is 2.81. The fraction of sp³-hybridized carbons (Fsp3) is 0.625. The van der Waals surface area contributed by atoms with Crippen LogP contribution in [-0.4, -0.2) is 13.1 Å². The minimum atomic E-state index is -0.302. The van der Waals surface area contributed by atoms with Crippen LogP contribution in [0.15, 0.2) is 18.2 Å². The minimum Gasteiger partial charge on any atom is -0.316 e. The van der Waals surface area contributed by atoms with Crippen LogP contribution < -0.4 is 5.32 Å². The summed E-state index contributed by atoms with van der Waals surface area (Å²) < 4.78 is 13.5. The third kappa shape index (κ3) is 3.70. The zero-order valence-electron chi connectivity index (χ0n) is 11.8. The third-order valence-electron chi connectivity index (χ3n) is 4.06. The standard InChI is InChI=1S/C16H23ClFN/c1-12(2)10-19-11-16(7-4-8-16)9-13-5-3-6-14(18)15(13)17/h3,5-6,12,19H,4,7-11H2,1-2H3. The highest BCUT2D eigenvalue weighted by molar-refractivity contribution is 6.31. The van der Waals surface area contributed by atoms with Crippen LogP contribution in [0.1, 0.15) is 38.7 Å². The van der Waals surface area contributed by atoms with Gasteiger partial charge in [-0.3, -0.25) is 0 Å². The molecule has 0 amide bonds. The third-order valence-corrected chi connectivity index (χ3v) is 4.49. The van der Waals surface area contributed by atoms with Crippen molar-refractivity contribution < 1.29 is 4.39 Å². The highest BCUT2D eigenvalue weighted by Gasteiger charge is 2.37. The molecule has 0 radical (unpaired) electrons. The molecule has 0 aliphatic heterocycles. The monoisotopic (exact) mass is 283 g/mol. The van der Waals surface area contributed by atoms with Gasteiger partial charge >= 0.3 is 0 Å². The Labute approximate surface area is 120 Å². The van der Waals surface area contributed by atoms with E-state index in [1.807, 2.05) is 6.07 Å². The summed E-state index contributed by atoms with van der Waals surface area (Å²) in [5.41, 5.74) is 1.24. The molecule has 1 aliphatic rings. The lowest BCUT2D eigenvalue weighted by Gasteiger charge is -2.43. The second kappa shape index (κ2) is 6.23. The lowest BCUT2D eigenvalue weighted by atomic mass is 9.65. The molecule has 1 nitrogen and oxygen atoms in total. The van der Waals surface area contributed by atoms with Crippen molar-refractivity contribution in [2.45, 2.75) is 39.5 Å². The van der Waals surface area contributed by atoms with E-state index in [9.17, 15) is 4.39 Å². The highest BCUT2D eigenvalue weighted by atomic mass is 35.5. The molecule has 1 fully saturated rings. The maximum Gasteiger partial charge on any atom is 0.142 e. The maximum atomic E-state index is 13.5. The average molecular weight is 284 g/mol. The number of nitrogens with one attached hydrogen (secondary N) is 1. The summed E-state index contributed by atoms with van der Waals surface area (Å²) in [4.78, 5) is 0. The van der Waals surface area contributed by atoms with E-state index in [1.54, 1.807) is 6.07 Å². The van der Waals surface area contributed by atoms with Gasteiger partial charge in [0, 0.05) is 6.54 Å². The minimum absolute atomic E-state index is 0.284. The van der Waals surface area contributed by atoms with E-state index in [-0.39, 0.29) is 11.2 Å². The Kier molecular flexibility index (Phi) is 4.86. The molecule has 0 saturated heterocycles. The second-order valence-electron chi connectivity index (χ2n) is 6.27. The number of benzene rings is 1. The quantitative estimate of drug-likeness (QED) is 0.814. The topological polar surface area (TPSA) is 12.0 Å². The smallest absolute Gasteiger partial charge is 0.142 e. The molecule has 1 N–H and O–H groups in total. The number of rotatable bonds is 6. The van der Waals surface area contributed by atoms with E-state index in [0.29, 0.717) is 10.9 Å². The SMILES string of the molecule is CC(C)CNCC1(Cc2cccc(F)c2Cl)CCC1. The molecule has 0 atom stereocenters. The van der Waals surface area contributed by atoms with Crippen molar-refractivity contribution in [3.05, 3.63) is 34.6 Å². The van der Waals surface area contributed by atoms with Crippen LogP contribution in [-0.2, 0) is 6.42 Å². The van der Waals surface area contributed by atoms with E-state index in [4.69, 9.17) is 11.6 Å². The zero-order valence-corrected chi connectivity index (χ0v) is 12.6. The first-order chi connectivity index (χ1) is 9.02. The number of hydrogen-bond donors (Lipinski definition) is 1. The van der Waals surface area contributed by atoms with Crippen molar-refractivity contribution in [1.82, 2.24) is 5.32 Å². The molecule has 0 aromatic heterocycles. The summed E-state index contributed by atoms with van der Waals surface area (Å²) in [7, 11) is 0. The summed E-state index contributed by atoms with van der Waals surface area (Å²) in [5, 5.41) is 3.85. The molecule has 1 aromatic carbocycles. The van der Waals surface area contributed by atoms with Crippen molar-refractivity contribution in [1.29, 1.82) is 0 Å². The molecule has 1 saturated carbocycles. The van der Waals surface area contributed by atoms with Crippen molar-refractivity contribution in [2.24, 2.45) is 11.3 Å². The van der Waals surface area contributed by atoms with Gasteiger partial charge in [-0.05, 0) is 48.8 Å². The van der Waals surface area contributed by atoms with Gasteiger partial charge in [-0.25, -0.2) is 4.39 Å². The lowest BCUT2D eigenvalue weighted by Crippen LogP contribution is -2.42. The first-order valence-electron chi connectivity index (χ1n) is 7.16. The molecule has 0 unspecified atom stereocenters. The molecule has 19 heavy (non-hydrogen) atoms. The molecule has 0 spiro atoms. The first-order valence-corrected chi connectivity index (χ1v) is 7.54. The van der Waals surface area contributed by atoms with Gasteiger partial charge in [-0.2, -0.15) is 0 Å². The van der Waals surface area contributed by atoms with Gasteiger partial charge in [0.2, 0.25) is 0 Å². The van der Waals surface area contributed by atoms with Crippen molar-refractivity contribution in [3.8, 4) is 0 Å². The Hall–Kier alpha value is -0.600. The van der Waals surface area contributed by atoms with Gasteiger partial charge in [0.15, 0.2) is 0 Å². The summed E-state index contributed by atoms with van der Waals surface area (Å²) in [5.74, 6) is 0.360. The van der Waals surface area contributed by atoms with E-state index in [0.717, 1.165) is 25.1 Å². The number of halogens is 2. The zero-order chi connectivity index (χ0) is 13.9. The van der Waals surface area contributed by atoms with Crippen LogP contribution in [0.25, 0.3) is 0 Å². The Balaban J connectivity index is 2.00. The van der Waals surface area contributed by atoms with Gasteiger partial charge in [0.1, 0.15) is 5.82 Å². The predicted molar refractivity (Wildman–Crippen MR) is 79.1 cm³/mol. The molecule has 0 heterocycles. The lowest BCUT2D eigenvalue weighted by molar-refractivity contribution is 0.129. The Morgan fingerprint density at radius 3 is 2.68 bits per heavy atom. The van der Waals surface area contributed by atoms with Gasteiger partial charge in [0.25, 0.3) is 0 Å².